The summed E-state index contributed by atoms with van der Waals surface area (Å²) in [5.74, 6) is 1.69. The van der Waals surface area contributed by atoms with Gasteiger partial charge in [-0.15, -0.1) is 0 Å². The minimum atomic E-state index is -0.131. The lowest BCUT2D eigenvalue weighted by molar-refractivity contribution is -0.114. The van der Waals surface area contributed by atoms with Crippen molar-refractivity contribution in [3.8, 4) is 0 Å². The van der Waals surface area contributed by atoms with Gasteiger partial charge < -0.3 is 10.6 Å². The molecule has 0 radical (unpaired) electrons. The number of thioether (sulfide) groups is 1. The number of hydrogen-bond acceptors (Lipinski definition) is 3. The summed E-state index contributed by atoms with van der Waals surface area (Å²) in [4.78, 5) is 23.0. The Morgan fingerprint density at radius 1 is 1.04 bits per heavy atom. The first-order valence-corrected chi connectivity index (χ1v) is 9.56. The average Bonchev–Trinajstić information content (AvgIpc) is 2.59. The van der Waals surface area contributed by atoms with Gasteiger partial charge in [-0.2, -0.15) is 11.8 Å². The zero-order valence-electron chi connectivity index (χ0n) is 14.0. The molecule has 2 N–H and O–H groups in total. The molecule has 0 fully saturated rings. The number of rotatable bonds is 8. The maximum Gasteiger partial charge on any atom is 0.251 e. The van der Waals surface area contributed by atoms with Gasteiger partial charge in [-0.1, -0.05) is 23.7 Å². The molecule has 0 saturated heterocycles. The molecule has 2 amide bonds. The Kier molecular flexibility index (Phi) is 7.82. The van der Waals surface area contributed by atoms with E-state index in [0.717, 1.165) is 22.9 Å². The van der Waals surface area contributed by atoms with Crippen LogP contribution in [0.25, 0.3) is 0 Å². The number of halogens is 1. The molecule has 2 aromatic carbocycles. The van der Waals surface area contributed by atoms with Crippen molar-refractivity contribution in [2.24, 2.45) is 0 Å². The van der Waals surface area contributed by atoms with Crippen LogP contribution in [0.1, 0.15) is 29.3 Å². The van der Waals surface area contributed by atoms with E-state index in [-0.39, 0.29) is 11.8 Å². The van der Waals surface area contributed by atoms with Crippen LogP contribution in [0.4, 0.5) is 5.69 Å². The minimum Gasteiger partial charge on any atom is -0.352 e. The van der Waals surface area contributed by atoms with Crippen LogP contribution in [0.5, 0.6) is 0 Å². The second-order valence-electron chi connectivity index (χ2n) is 5.55. The van der Waals surface area contributed by atoms with Crippen molar-refractivity contribution in [1.29, 1.82) is 0 Å². The van der Waals surface area contributed by atoms with E-state index in [1.807, 2.05) is 36.0 Å². The highest BCUT2D eigenvalue weighted by Crippen LogP contribution is 2.16. The van der Waals surface area contributed by atoms with Crippen molar-refractivity contribution in [3.05, 3.63) is 64.7 Å². The molecule has 132 valence electrons. The van der Waals surface area contributed by atoms with Crippen LogP contribution in [-0.2, 0) is 10.5 Å². The third-order valence-electron chi connectivity index (χ3n) is 3.40. The summed E-state index contributed by atoms with van der Waals surface area (Å²) >= 11 is 7.69. The molecule has 0 aromatic heterocycles. The molecular formula is C19H21ClN2O2S. The Labute approximate surface area is 157 Å². The number of hydrogen-bond donors (Lipinski definition) is 2. The molecule has 0 heterocycles. The predicted octanol–water partition coefficient (Wildman–Crippen LogP) is 4.35. The van der Waals surface area contributed by atoms with Gasteiger partial charge in [0.1, 0.15) is 0 Å². The lowest BCUT2D eigenvalue weighted by atomic mass is 10.2. The second kappa shape index (κ2) is 10.1. The SMILES string of the molecule is CC(=O)Nc1ccc(C(=O)NCCCSCc2ccc(Cl)cc2)cc1. The van der Waals surface area contributed by atoms with Gasteiger partial charge in [0.05, 0.1) is 0 Å². The van der Waals surface area contributed by atoms with E-state index in [0.29, 0.717) is 17.8 Å². The van der Waals surface area contributed by atoms with Crippen LogP contribution in [0.15, 0.2) is 48.5 Å². The van der Waals surface area contributed by atoms with E-state index < -0.39 is 0 Å². The Morgan fingerprint density at radius 3 is 2.36 bits per heavy atom. The van der Waals surface area contributed by atoms with Crippen molar-refractivity contribution in [2.75, 3.05) is 17.6 Å². The van der Waals surface area contributed by atoms with Crippen LogP contribution in [0.2, 0.25) is 5.02 Å². The van der Waals surface area contributed by atoms with Crippen molar-refractivity contribution >= 4 is 40.9 Å². The van der Waals surface area contributed by atoms with E-state index in [2.05, 4.69) is 10.6 Å². The number of carbonyl (C=O) groups excluding carboxylic acids is 2. The first kappa shape index (κ1) is 19.3. The van der Waals surface area contributed by atoms with Crippen molar-refractivity contribution in [1.82, 2.24) is 5.32 Å². The number of nitrogens with one attached hydrogen (secondary N) is 2. The van der Waals surface area contributed by atoms with Crippen LogP contribution < -0.4 is 10.6 Å². The van der Waals surface area contributed by atoms with Crippen molar-refractivity contribution in [3.63, 3.8) is 0 Å². The monoisotopic (exact) mass is 376 g/mol. The third-order valence-corrected chi connectivity index (χ3v) is 4.77. The van der Waals surface area contributed by atoms with Crippen LogP contribution in [0, 0.1) is 0 Å². The van der Waals surface area contributed by atoms with Gasteiger partial charge in [-0.3, -0.25) is 9.59 Å². The summed E-state index contributed by atoms with van der Waals surface area (Å²) < 4.78 is 0. The largest absolute Gasteiger partial charge is 0.352 e. The number of anilines is 1. The van der Waals surface area contributed by atoms with Gasteiger partial charge in [-0.05, 0) is 54.1 Å². The number of amides is 2. The van der Waals surface area contributed by atoms with E-state index in [9.17, 15) is 9.59 Å². The number of carbonyl (C=O) groups is 2. The van der Waals surface area contributed by atoms with Gasteiger partial charge >= 0.3 is 0 Å². The van der Waals surface area contributed by atoms with Crippen LogP contribution in [-0.4, -0.2) is 24.1 Å². The molecule has 0 aliphatic carbocycles. The predicted molar refractivity (Wildman–Crippen MR) is 105 cm³/mol. The van der Waals surface area contributed by atoms with Gasteiger partial charge in [0.15, 0.2) is 0 Å². The fourth-order valence-corrected chi connectivity index (χ4v) is 3.20. The summed E-state index contributed by atoms with van der Waals surface area (Å²) in [7, 11) is 0. The molecule has 2 rings (SSSR count). The quantitative estimate of drug-likeness (QED) is 0.673. The molecule has 4 nitrogen and oxygen atoms in total. The molecule has 25 heavy (non-hydrogen) atoms. The van der Waals surface area contributed by atoms with Gasteiger partial charge in [0, 0.05) is 35.5 Å². The first-order chi connectivity index (χ1) is 12.0. The molecule has 6 heteroatoms. The molecule has 0 aliphatic heterocycles. The van der Waals surface area contributed by atoms with E-state index in [1.165, 1.54) is 12.5 Å². The minimum absolute atomic E-state index is 0.0999. The van der Waals surface area contributed by atoms with Crippen molar-refractivity contribution < 1.29 is 9.59 Å². The molecule has 0 aliphatic rings. The molecule has 0 atom stereocenters. The zero-order valence-corrected chi connectivity index (χ0v) is 15.6. The van der Waals surface area contributed by atoms with Crippen LogP contribution in [0.3, 0.4) is 0 Å². The highest BCUT2D eigenvalue weighted by Gasteiger charge is 2.05. The Morgan fingerprint density at radius 2 is 1.72 bits per heavy atom. The lowest BCUT2D eigenvalue weighted by Crippen LogP contribution is -2.24. The van der Waals surface area contributed by atoms with Gasteiger partial charge in [0.25, 0.3) is 5.91 Å². The summed E-state index contributed by atoms with van der Waals surface area (Å²) in [5.41, 5.74) is 2.52. The molecule has 0 spiro atoms. The topological polar surface area (TPSA) is 58.2 Å². The summed E-state index contributed by atoms with van der Waals surface area (Å²) in [6, 6.07) is 14.7. The standard InChI is InChI=1S/C19H21ClN2O2S/c1-14(23)22-18-9-5-16(6-10-18)19(24)21-11-2-12-25-13-15-3-7-17(20)8-4-15/h3-10H,2,11-13H2,1H3,(H,21,24)(H,22,23). The molecule has 0 saturated carbocycles. The maximum absolute atomic E-state index is 12.0. The molecule has 0 unspecified atom stereocenters. The average molecular weight is 377 g/mol. The Bertz CT molecular complexity index is 702. The maximum atomic E-state index is 12.0. The zero-order chi connectivity index (χ0) is 18.1. The van der Waals surface area contributed by atoms with Gasteiger partial charge in [0.2, 0.25) is 5.91 Å². The Balaban J connectivity index is 1.63. The molecule has 0 bridgehead atoms. The third kappa shape index (κ3) is 7.20. The van der Waals surface area contributed by atoms with Crippen molar-refractivity contribution in [2.45, 2.75) is 19.1 Å². The van der Waals surface area contributed by atoms with Crippen LogP contribution >= 0.6 is 23.4 Å². The normalized spacial score (nSPS) is 10.3. The van der Waals surface area contributed by atoms with E-state index >= 15 is 0 Å². The fraction of sp³-hybridized carbons (Fsp3) is 0.263. The number of benzene rings is 2. The Hall–Kier alpha value is -1.98. The highest BCUT2D eigenvalue weighted by atomic mass is 35.5. The summed E-state index contributed by atoms with van der Waals surface area (Å²) in [5, 5.41) is 6.33. The fourth-order valence-electron chi connectivity index (χ4n) is 2.16. The van der Waals surface area contributed by atoms with E-state index in [1.54, 1.807) is 24.3 Å². The lowest BCUT2D eigenvalue weighted by Gasteiger charge is -2.07. The summed E-state index contributed by atoms with van der Waals surface area (Å²) in [6.45, 7) is 2.09. The first-order valence-electron chi connectivity index (χ1n) is 8.02. The highest BCUT2D eigenvalue weighted by molar-refractivity contribution is 7.98. The molecule has 2 aromatic rings. The second-order valence-corrected chi connectivity index (χ2v) is 7.09. The summed E-state index contributed by atoms with van der Waals surface area (Å²) in [6.07, 6.45) is 0.911. The van der Waals surface area contributed by atoms with E-state index in [4.69, 9.17) is 11.6 Å². The molecular weight excluding hydrogens is 356 g/mol. The smallest absolute Gasteiger partial charge is 0.251 e. The van der Waals surface area contributed by atoms with Gasteiger partial charge in [-0.25, -0.2) is 0 Å².